The number of nitrogens with zero attached hydrogens (tertiary/aromatic N) is 4. The normalized spacial score (nSPS) is 19.7. The Morgan fingerprint density at radius 1 is 1.33 bits per heavy atom. The number of likely N-dealkylation sites (N-methyl/N-ethyl adjacent to an activating group) is 1. The first-order chi connectivity index (χ1) is 10.3. The topological polar surface area (TPSA) is 65.1 Å². The molecule has 2 aromatic rings. The zero-order valence-electron chi connectivity index (χ0n) is 12.1. The summed E-state index contributed by atoms with van der Waals surface area (Å²) in [6, 6.07) is 5.53. The van der Waals surface area contributed by atoms with Gasteiger partial charge in [-0.1, -0.05) is 13.0 Å². The van der Waals surface area contributed by atoms with Crippen LogP contribution in [0.1, 0.15) is 29.3 Å². The lowest BCUT2D eigenvalue weighted by molar-refractivity contribution is 0.0475. The van der Waals surface area contributed by atoms with E-state index in [2.05, 4.69) is 26.8 Å². The van der Waals surface area contributed by atoms with Crippen molar-refractivity contribution in [2.45, 2.75) is 13.0 Å². The van der Waals surface area contributed by atoms with Crippen LogP contribution in [0.15, 0.2) is 36.8 Å². The van der Waals surface area contributed by atoms with Gasteiger partial charge in [0.2, 0.25) is 0 Å². The highest BCUT2D eigenvalue weighted by Crippen LogP contribution is 2.23. The van der Waals surface area contributed by atoms with Gasteiger partial charge in [-0.05, 0) is 18.7 Å². The Morgan fingerprint density at radius 3 is 2.90 bits per heavy atom. The predicted molar refractivity (Wildman–Crippen MR) is 78.7 cm³/mol. The van der Waals surface area contributed by atoms with Crippen LogP contribution in [0.5, 0.6) is 0 Å². The largest absolute Gasteiger partial charge is 0.347 e. The number of aromatic amines is 1. The summed E-state index contributed by atoms with van der Waals surface area (Å²) in [5, 5.41) is 0. The van der Waals surface area contributed by atoms with Gasteiger partial charge < -0.3 is 9.88 Å². The van der Waals surface area contributed by atoms with Gasteiger partial charge in [0.05, 0.1) is 6.04 Å². The van der Waals surface area contributed by atoms with Gasteiger partial charge in [-0.25, -0.2) is 4.98 Å². The molecule has 0 spiro atoms. The molecule has 1 saturated heterocycles. The van der Waals surface area contributed by atoms with Crippen molar-refractivity contribution in [1.29, 1.82) is 0 Å². The SMILES string of the molecule is CCN1CCN(C(=O)c2ccccn2)C[C@@H]1c1ncc[nH]1. The fourth-order valence-electron chi connectivity index (χ4n) is 2.75. The van der Waals surface area contributed by atoms with Crippen molar-refractivity contribution in [1.82, 2.24) is 24.8 Å². The van der Waals surface area contributed by atoms with Crippen molar-refractivity contribution in [2.24, 2.45) is 0 Å². The molecule has 2 aromatic heterocycles. The zero-order valence-corrected chi connectivity index (χ0v) is 12.1. The molecule has 1 N–H and O–H groups in total. The van der Waals surface area contributed by atoms with Crippen LogP contribution < -0.4 is 0 Å². The Morgan fingerprint density at radius 2 is 2.24 bits per heavy atom. The van der Waals surface area contributed by atoms with Gasteiger partial charge >= 0.3 is 0 Å². The molecular formula is C15H19N5O. The number of imidazole rings is 1. The summed E-state index contributed by atoms with van der Waals surface area (Å²) in [7, 11) is 0. The number of amides is 1. The van der Waals surface area contributed by atoms with Gasteiger partial charge in [-0.15, -0.1) is 0 Å². The number of pyridine rings is 1. The third kappa shape index (κ3) is 2.80. The molecular weight excluding hydrogens is 266 g/mol. The molecule has 21 heavy (non-hydrogen) atoms. The summed E-state index contributed by atoms with van der Waals surface area (Å²) in [6.45, 7) is 5.28. The zero-order chi connectivity index (χ0) is 14.7. The Bertz CT molecular complexity index is 583. The maximum Gasteiger partial charge on any atom is 0.272 e. The van der Waals surface area contributed by atoms with E-state index in [1.54, 1.807) is 18.5 Å². The number of carbonyl (C=O) groups excluding carboxylic acids is 1. The number of hydrogen-bond donors (Lipinski definition) is 1. The van der Waals surface area contributed by atoms with Crippen molar-refractivity contribution >= 4 is 5.91 Å². The van der Waals surface area contributed by atoms with Crippen LogP contribution in [0.2, 0.25) is 0 Å². The third-order valence-corrected chi connectivity index (χ3v) is 3.90. The van der Waals surface area contributed by atoms with E-state index in [0.717, 1.165) is 25.5 Å². The van der Waals surface area contributed by atoms with Crippen LogP contribution in [0, 0.1) is 0 Å². The van der Waals surface area contributed by atoms with E-state index >= 15 is 0 Å². The van der Waals surface area contributed by atoms with Crippen LogP contribution >= 0.6 is 0 Å². The molecule has 6 heteroatoms. The second kappa shape index (κ2) is 6.05. The molecule has 0 radical (unpaired) electrons. The molecule has 0 bridgehead atoms. The number of piperazine rings is 1. The highest BCUT2D eigenvalue weighted by Gasteiger charge is 2.31. The van der Waals surface area contributed by atoms with Crippen molar-refractivity contribution in [3.05, 3.63) is 48.3 Å². The number of H-pyrrole nitrogens is 1. The smallest absolute Gasteiger partial charge is 0.272 e. The van der Waals surface area contributed by atoms with Crippen molar-refractivity contribution in [3.63, 3.8) is 0 Å². The number of hydrogen-bond acceptors (Lipinski definition) is 4. The van der Waals surface area contributed by atoms with Gasteiger partial charge in [-0.3, -0.25) is 14.7 Å². The Balaban J connectivity index is 1.78. The number of carbonyl (C=O) groups is 1. The summed E-state index contributed by atoms with van der Waals surface area (Å²) < 4.78 is 0. The first kappa shape index (κ1) is 13.8. The van der Waals surface area contributed by atoms with Gasteiger partial charge in [0.15, 0.2) is 0 Å². The molecule has 1 aliphatic heterocycles. The molecule has 0 aliphatic carbocycles. The molecule has 0 saturated carbocycles. The first-order valence-electron chi connectivity index (χ1n) is 7.23. The molecule has 0 aromatic carbocycles. The number of aromatic nitrogens is 3. The van der Waals surface area contributed by atoms with E-state index in [4.69, 9.17) is 0 Å². The van der Waals surface area contributed by atoms with E-state index in [0.29, 0.717) is 12.2 Å². The third-order valence-electron chi connectivity index (χ3n) is 3.90. The molecule has 0 unspecified atom stereocenters. The summed E-state index contributed by atoms with van der Waals surface area (Å²) in [4.78, 5) is 28.4. The molecule has 3 rings (SSSR count). The summed E-state index contributed by atoms with van der Waals surface area (Å²) in [6.07, 6.45) is 5.23. The van der Waals surface area contributed by atoms with Crippen LogP contribution in [0.4, 0.5) is 0 Å². The lowest BCUT2D eigenvalue weighted by Gasteiger charge is -2.39. The van der Waals surface area contributed by atoms with Crippen LogP contribution in [-0.2, 0) is 0 Å². The average Bonchev–Trinajstić information content (AvgIpc) is 3.08. The second-order valence-corrected chi connectivity index (χ2v) is 5.08. The van der Waals surface area contributed by atoms with Crippen LogP contribution in [0.3, 0.4) is 0 Å². The lowest BCUT2D eigenvalue weighted by atomic mass is 10.1. The van der Waals surface area contributed by atoms with Crippen molar-refractivity contribution in [3.8, 4) is 0 Å². The minimum Gasteiger partial charge on any atom is -0.347 e. The van der Waals surface area contributed by atoms with Crippen LogP contribution in [0.25, 0.3) is 0 Å². The van der Waals surface area contributed by atoms with Gasteiger partial charge in [0.25, 0.3) is 5.91 Å². The fraction of sp³-hybridized carbons (Fsp3) is 0.400. The van der Waals surface area contributed by atoms with Gasteiger partial charge in [-0.2, -0.15) is 0 Å². The summed E-state index contributed by atoms with van der Waals surface area (Å²) in [5.74, 6) is 0.901. The van der Waals surface area contributed by atoms with Crippen molar-refractivity contribution in [2.75, 3.05) is 26.2 Å². The highest BCUT2D eigenvalue weighted by atomic mass is 16.2. The Kier molecular flexibility index (Phi) is 3.96. The minimum atomic E-state index is -0.0112. The average molecular weight is 285 g/mol. The maximum absolute atomic E-state index is 12.5. The highest BCUT2D eigenvalue weighted by molar-refractivity contribution is 5.92. The summed E-state index contributed by atoms with van der Waals surface area (Å²) >= 11 is 0. The van der Waals surface area contributed by atoms with E-state index in [1.807, 2.05) is 23.2 Å². The maximum atomic E-state index is 12.5. The summed E-state index contributed by atoms with van der Waals surface area (Å²) in [5.41, 5.74) is 0.501. The van der Waals surface area contributed by atoms with E-state index in [1.165, 1.54) is 0 Å². The molecule has 1 fully saturated rings. The van der Waals surface area contributed by atoms with E-state index in [9.17, 15) is 4.79 Å². The van der Waals surface area contributed by atoms with Crippen molar-refractivity contribution < 1.29 is 4.79 Å². The molecule has 1 aliphatic rings. The van der Waals surface area contributed by atoms with E-state index in [-0.39, 0.29) is 11.9 Å². The Labute approximate surface area is 123 Å². The molecule has 3 heterocycles. The predicted octanol–water partition coefficient (Wildman–Crippen LogP) is 1.32. The molecule has 1 atom stereocenters. The standard InChI is InChI=1S/C15H19N5O/c1-2-19-9-10-20(11-13(19)14-17-7-8-18-14)15(21)12-5-3-4-6-16-12/h3-8,13H,2,9-11H2,1H3,(H,17,18)/t13-/m1/s1. The first-order valence-corrected chi connectivity index (χ1v) is 7.23. The van der Waals surface area contributed by atoms with E-state index < -0.39 is 0 Å². The molecule has 6 nitrogen and oxygen atoms in total. The number of nitrogens with one attached hydrogen (secondary N) is 1. The second-order valence-electron chi connectivity index (χ2n) is 5.08. The number of rotatable bonds is 3. The quantitative estimate of drug-likeness (QED) is 0.924. The minimum absolute atomic E-state index is 0.0112. The monoisotopic (exact) mass is 285 g/mol. The van der Waals surface area contributed by atoms with Gasteiger partial charge in [0.1, 0.15) is 11.5 Å². The molecule has 1 amide bonds. The Hall–Kier alpha value is -2.21. The van der Waals surface area contributed by atoms with Gasteiger partial charge in [0, 0.05) is 38.2 Å². The fourth-order valence-corrected chi connectivity index (χ4v) is 2.75. The van der Waals surface area contributed by atoms with Crippen LogP contribution in [-0.4, -0.2) is 56.8 Å². The lowest BCUT2D eigenvalue weighted by Crippen LogP contribution is -2.50. The molecule has 110 valence electrons.